The van der Waals surface area contributed by atoms with Crippen LogP contribution < -0.4 is 14.8 Å². The molecule has 4 nitrogen and oxygen atoms in total. The van der Waals surface area contributed by atoms with Gasteiger partial charge in [-0.15, -0.1) is 0 Å². The summed E-state index contributed by atoms with van der Waals surface area (Å²) in [7, 11) is 3.04. The highest BCUT2D eigenvalue weighted by atomic mass is 35.5. The molecule has 1 aliphatic carbocycles. The van der Waals surface area contributed by atoms with E-state index < -0.39 is 0 Å². The Labute approximate surface area is 146 Å². The summed E-state index contributed by atoms with van der Waals surface area (Å²) in [4.78, 5) is 12.8. The second-order valence-electron chi connectivity index (χ2n) is 5.95. The molecule has 24 heavy (non-hydrogen) atoms. The highest BCUT2D eigenvalue weighted by Gasteiger charge is 2.40. The fraction of sp³-hybridized carbons (Fsp3) is 0.316. The van der Waals surface area contributed by atoms with Crippen molar-refractivity contribution < 1.29 is 14.3 Å². The Hall–Kier alpha value is -2.20. The normalized spacial score (nSPS) is 15.3. The Balaban J connectivity index is 1.88. The highest BCUT2D eigenvalue weighted by Crippen LogP contribution is 2.42. The minimum Gasteiger partial charge on any atom is -0.493 e. The van der Waals surface area contributed by atoms with Crippen molar-refractivity contribution in [1.82, 2.24) is 5.32 Å². The number of rotatable bonds is 5. The fourth-order valence-electron chi connectivity index (χ4n) is 3.11. The first-order chi connectivity index (χ1) is 11.6. The van der Waals surface area contributed by atoms with Crippen LogP contribution in [0.1, 0.15) is 35.2 Å². The van der Waals surface area contributed by atoms with Crippen molar-refractivity contribution in [3.05, 3.63) is 58.6 Å². The van der Waals surface area contributed by atoms with Crippen molar-refractivity contribution >= 4 is 17.5 Å². The second kappa shape index (κ2) is 6.73. The van der Waals surface area contributed by atoms with Gasteiger partial charge in [0, 0.05) is 5.56 Å². The van der Waals surface area contributed by atoms with Crippen LogP contribution in [0, 0.1) is 0 Å². The van der Waals surface area contributed by atoms with Crippen LogP contribution in [0.2, 0.25) is 5.02 Å². The van der Waals surface area contributed by atoms with Gasteiger partial charge in [-0.25, -0.2) is 0 Å². The van der Waals surface area contributed by atoms with Gasteiger partial charge in [0.15, 0.2) is 11.5 Å². The molecular weight excluding hydrogens is 326 g/mol. The van der Waals surface area contributed by atoms with Crippen LogP contribution in [0.25, 0.3) is 0 Å². The lowest BCUT2D eigenvalue weighted by Gasteiger charge is -2.43. The number of carbonyl (C=O) groups excluding carboxylic acids is 1. The minimum absolute atomic E-state index is 0.165. The van der Waals surface area contributed by atoms with Gasteiger partial charge in [-0.05, 0) is 37.0 Å². The van der Waals surface area contributed by atoms with E-state index in [-0.39, 0.29) is 11.4 Å². The molecule has 0 saturated heterocycles. The van der Waals surface area contributed by atoms with Crippen LogP contribution in [0.4, 0.5) is 0 Å². The predicted molar refractivity (Wildman–Crippen MR) is 94.0 cm³/mol. The number of hydrogen-bond donors (Lipinski definition) is 1. The molecule has 1 aliphatic rings. The van der Waals surface area contributed by atoms with E-state index in [1.54, 1.807) is 12.1 Å². The maximum absolute atomic E-state index is 12.8. The lowest BCUT2D eigenvalue weighted by molar-refractivity contribution is 0.0823. The number of benzene rings is 2. The van der Waals surface area contributed by atoms with Gasteiger partial charge in [-0.3, -0.25) is 4.79 Å². The molecule has 2 aromatic carbocycles. The van der Waals surface area contributed by atoms with Crippen LogP contribution in [-0.2, 0) is 5.54 Å². The molecule has 0 heterocycles. The van der Waals surface area contributed by atoms with E-state index in [9.17, 15) is 4.79 Å². The Morgan fingerprint density at radius 1 is 1.12 bits per heavy atom. The van der Waals surface area contributed by atoms with Crippen LogP contribution in [0.15, 0.2) is 42.5 Å². The van der Waals surface area contributed by atoms with E-state index in [0.717, 1.165) is 24.8 Å². The van der Waals surface area contributed by atoms with Gasteiger partial charge in [-0.1, -0.05) is 41.9 Å². The van der Waals surface area contributed by atoms with Crippen molar-refractivity contribution in [1.29, 1.82) is 0 Å². The van der Waals surface area contributed by atoms with Crippen LogP contribution in [0.3, 0.4) is 0 Å². The van der Waals surface area contributed by atoms with Gasteiger partial charge in [0.05, 0.1) is 24.8 Å². The van der Waals surface area contributed by atoms with Crippen molar-refractivity contribution in [3.63, 3.8) is 0 Å². The number of nitrogens with one attached hydrogen (secondary N) is 1. The van der Waals surface area contributed by atoms with Crippen LogP contribution in [0.5, 0.6) is 11.5 Å². The van der Waals surface area contributed by atoms with Crippen molar-refractivity contribution in [2.45, 2.75) is 24.8 Å². The molecule has 5 heteroatoms. The summed E-state index contributed by atoms with van der Waals surface area (Å²) in [6.45, 7) is 0. The van der Waals surface area contributed by atoms with Gasteiger partial charge >= 0.3 is 0 Å². The third-order valence-corrected chi connectivity index (χ3v) is 4.86. The zero-order valence-corrected chi connectivity index (χ0v) is 14.5. The number of methoxy groups -OCH3 is 2. The van der Waals surface area contributed by atoms with Crippen LogP contribution in [-0.4, -0.2) is 20.1 Å². The molecule has 0 aromatic heterocycles. The molecule has 0 spiro atoms. The van der Waals surface area contributed by atoms with Crippen molar-refractivity contribution in [2.75, 3.05) is 14.2 Å². The maximum Gasteiger partial charge on any atom is 0.252 e. The monoisotopic (exact) mass is 345 g/mol. The molecule has 0 aliphatic heterocycles. The zero-order chi connectivity index (χ0) is 17.2. The Morgan fingerprint density at radius 3 is 2.38 bits per heavy atom. The van der Waals surface area contributed by atoms with E-state index in [1.807, 2.05) is 18.2 Å². The first-order valence-electron chi connectivity index (χ1n) is 7.89. The summed E-state index contributed by atoms with van der Waals surface area (Å²) < 4.78 is 10.5. The fourth-order valence-corrected chi connectivity index (χ4v) is 3.40. The molecular formula is C19H20ClNO3. The number of carbonyl (C=O) groups is 1. The standard InChI is InChI=1S/C19H20ClNO3/c1-23-16-12-13(11-15(20)17(16)24-2)18(22)21-19(9-6-10-19)14-7-4-3-5-8-14/h3-5,7-8,11-12H,6,9-10H2,1-2H3,(H,21,22). The summed E-state index contributed by atoms with van der Waals surface area (Å²) in [5.41, 5.74) is 1.30. The first kappa shape index (κ1) is 16.7. The summed E-state index contributed by atoms with van der Waals surface area (Å²) in [5.74, 6) is 0.705. The molecule has 126 valence electrons. The number of halogens is 1. The summed E-state index contributed by atoms with van der Waals surface area (Å²) in [6, 6.07) is 13.3. The molecule has 0 unspecified atom stereocenters. The average Bonchev–Trinajstić information content (AvgIpc) is 2.57. The maximum atomic E-state index is 12.8. The van der Waals surface area contributed by atoms with Gasteiger partial charge in [-0.2, -0.15) is 0 Å². The topological polar surface area (TPSA) is 47.6 Å². The van der Waals surface area contributed by atoms with E-state index >= 15 is 0 Å². The van der Waals surface area contributed by atoms with Gasteiger partial charge in [0.1, 0.15) is 0 Å². The van der Waals surface area contributed by atoms with Gasteiger partial charge in [0.25, 0.3) is 5.91 Å². The SMILES string of the molecule is COc1cc(C(=O)NC2(c3ccccc3)CCC2)cc(Cl)c1OC. The molecule has 0 bridgehead atoms. The van der Waals surface area contributed by atoms with Gasteiger partial charge < -0.3 is 14.8 Å². The van der Waals surface area contributed by atoms with Crippen molar-refractivity contribution in [3.8, 4) is 11.5 Å². The largest absolute Gasteiger partial charge is 0.493 e. The summed E-state index contributed by atoms with van der Waals surface area (Å²) in [5, 5.41) is 3.54. The minimum atomic E-state index is -0.294. The predicted octanol–water partition coefficient (Wildman–Crippen LogP) is 4.17. The molecule has 1 N–H and O–H groups in total. The van der Waals surface area contributed by atoms with E-state index in [2.05, 4.69) is 17.4 Å². The molecule has 0 atom stereocenters. The third-order valence-electron chi connectivity index (χ3n) is 4.58. The first-order valence-corrected chi connectivity index (χ1v) is 8.27. The molecule has 3 rings (SSSR count). The highest BCUT2D eigenvalue weighted by molar-refractivity contribution is 6.32. The quantitative estimate of drug-likeness (QED) is 0.884. The average molecular weight is 346 g/mol. The molecule has 1 fully saturated rings. The lowest BCUT2D eigenvalue weighted by Crippen LogP contribution is -2.50. The third kappa shape index (κ3) is 2.94. The number of amides is 1. The Bertz CT molecular complexity index is 742. The molecule has 2 aromatic rings. The Kier molecular flexibility index (Phi) is 4.67. The summed E-state index contributed by atoms with van der Waals surface area (Å²) >= 11 is 6.21. The van der Waals surface area contributed by atoms with E-state index in [4.69, 9.17) is 21.1 Å². The molecule has 1 amide bonds. The molecule has 0 radical (unpaired) electrons. The summed E-state index contributed by atoms with van der Waals surface area (Å²) in [6.07, 6.45) is 2.97. The molecule has 1 saturated carbocycles. The van der Waals surface area contributed by atoms with E-state index in [1.165, 1.54) is 14.2 Å². The van der Waals surface area contributed by atoms with Crippen LogP contribution >= 0.6 is 11.6 Å². The van der Waals surface area contributed by atoms with Crippen molar-refractivity contribution in [2.24, 2.45) is 0 Å². The number of ether oxygens (including phenoxy) is 2. The van der Waals surface area contributed by atoms with Gasteiger partial charge in [0.2, 0.25) is 0 Å². The number of hydrogen-bond acceptors (Lipinski definition) is 3. The lowest BCUT2D eigenvalue weighted by atomic mass is 9.71. The smallest absolute Gasteiger partial charge is 0.252 e. The van der Waals surface area contributed by atoms with E-state index in [0.29, 0.717) is 22.1 Å². The second-order valence-corrected chi connectivity index (χ2v) is 6.36. The Morgan fingerprint density at radius 2 is 1.83 bits per heavy atom. The zero-order valence-electron chi connectivity index (χ0n) is 13.8.